The number of hydrogen-bond acceptors (Lipinski definition) is 3. The molecule has 122 valence electrons. The van der Waals surface area contributed by atoms with Crippen LogP contribution in [-0.4, -0.2) is 23.9 Å². The lowest BCUT2D eigenvalue weighted by Crippen LogP contribution is -2.34. The first-order chi connectivity index (χ1) is 10.5. The fraction of sp³-hybridized carbons (Fsp3) is 0.588. The molecule has 1 atom stereocenters. The van der Waals surface area contributed by atoms with Crippen molar-refractivity contribution in [2.24, 2.45) is 5.41 Å². The van der Waals surface area contributed by atoms with Gasteiger partial charge < -0.3 is 4.74 Å². The van der Waals surface area contributed by atoms with E-state index in [1.54, 1.807) is 6.07 Å². The number of carbonyl (C=O) groups excluding carboxylic acids is 1. The summed E-state index contributed by atoms with van der Waals surface area (Å²) in [4.78, 5) is 18.3. The van der Waals surface area contributed by atoms with Crippen molar-refractivity contribution in [1.29, 1.82) is 0 Å². The molecule has 0 N–H and O–H groups in total. The first-order valence-corrected chi connectivity index (χ1v) is 8.18. The Bertz CT molecular complexity index is 518. The highest BCUT2D eigenvalue weighted by atomic mass is 35.5. The van der Waals surface area contributed by atoms with Gasteiger partial charge in [0.2, 0.25) is 0 Å². The third-order valence-electron chi connectivity index (χ3n) is 3.88. The zero-order valence-electron chi connectivity index (χ0n) is 13.5. The lowest BCUT2D eigenvalue weighted by atomic mass is 9.92. The molecule has 1 saturated heterocycles. The molecule has 1 aliphatic heterocycles. The van der Waals surface area contributed by atoms with Crippen molar-refractivity contribution in [3.05, 3.63) is 34.9 Å². The molecule has 0 aromatic heterocycles. The normalized spacial score (nSPS) is 20.6. The van der Waals surface area contributed by atoms with Gasteiger partial charge in [-0.05, 0) is 31.9 Å². The lowest BCUT2D eigenvalue weighted by Gasteiger charge is -2.20. The van der Waals surface area contributed by atoms with Crippen molar-refractivity contribution in [3.8, 4) is 0 Å². The van der Waals surface area contributed by atoms with E-state index in [1.807, 2.05) is 32.0 Å². The fourth-order valence-electron chi connectivity index (χ4n) is 2.39. The molecule has 0 saturated carbocycles. The summed E-state index contributed by atoms with van der Waals surface area (Å²) in [6.07, 6.45) is 2.69. The maximum absolute atomic E-state index is 12.5. The quantitative estimate of drug-likeness (QED) is 0.706. The number of halogens is 1. The van der Waals surface area contributed by atoms with Gasteiger partial charge in [-0.2, -0.15) is 0 Å². The average Bonchev–Trinajstić information content (AvgIpc) is 2.70. The monoisotopic (exact) mass is 325 g/mol. The minimum atomic E-state index is -0.687. The summed E-state index contributed by atoms with van der Waals surface area (Å²) in [5, 5.41) is 2.00. The molecule has 1 heterocycles. The summed E-state index contributed by atoms with van der Waals surface area (Å²) in [5.41, 5.74) is 0.174. The van der Waals surface area contributed by atoms with Gasteiger partial charge >= 0.3 is 0 Å². The molecule has 1 amide bonds. The molecule has 22 heavy (non-hydrogen) atoms. The third kappa shape index (κ3) is 3.80. The summed E-state index contributed by atoms with van der Waals surface area (Å²) in [5.74, 6) is -0.0760. The Labute approximate surface area is 137 Å². The zero-order chi connectivity index (χ0) is 16.2. The fourth-order valence-corrected chi connectivity index (χ4v) is 2.58. The third-order valence-corrected chi connectivity index (χ3v) is 4.25. The van der Waals surface area contributed by atoms with E-state index in [9.17, 15) is 4.79 Å². The Balaban J connectivity index is 1.99. The smallest absolute Gasteiger partial charge is 0.257 e. The largest absolute Gasteiger partial charge is 0.349 e. The van der Waals surface area contributed by atoms with Crippen LogP contribution in [0.2, 0.25) is 5.02 Å². The molecular weight excluding hydrogens is 302 g/mol. The Morgan fingerprint density at radius 3 is 2.73 bits per heavy atom. The molecule has 1 unspecified atom stereocenters. The van der Waals surface area contributed by atoms with Crippen LogP contribution in [0.15, 0.2) is 24.3 Å². The van der Waals surface area contributed by atoms with Crippen LogP contribution in [0.25, 0.3) is 0 Å². The summed E-state index contributed by atoms with van der Waals surface area (Å²) in [7, 11) is 0. The molecule has 4 nitrogen and oxygen atoms in total. The highest BCUT2D eigenvalue weighted by Crippen LogP contribution is 2.36. The first kappa shape index (κ1) is 17.3. The molecule has 0 aliphatic carbocycles. The lowest BCUT2D eigenvalue weighted by molar-refractivity contribution is -0.248. The Morgan fingerprint density at radius 2 is 2.05 bits per heavy atom. The van der Waals surface area contributed by atoms with Crippen LogP contribution >= 0.6 is 11.6 Å². The molecule has 5 heteroatoms. The molecule has 2 rings (SSSR count). The van der Waals surface area contributed by atoms with E-state index in [1.165, 1.54) is 5.06 Å². The second-order valence-electron chi connectivity index (χ2n) is 6.17. The zero-order valence-corrected chi connectivity index (χ0v) is 14.2. The second-order valence-corrected chi connectivity index (χ2v) is 6.58. The summed E-state index contributed by atoms with van der Waals surface area (Å²) in [6, 6.07) is 7.45. The van der Waals surface area contributed by atoms with Crippen LogP contribution in [0.4, 0.5) is 0 Å². The van der Waals surface area contributed by atoms with E-state index in [4.69, 9.17) is 21.2 Å². The van der Waals surface area contributed by atoms with E-state index in [0.29, 0.717) is 18.2 Å². The average molecular weight is 326 g/mol. The number of benzene rings is 1. The standard InChI is InChI=1S/C17H24ClNO3/c1-4-5-8-11-21-16-17(2,3)15(20)19(22-16)12-13-9-6-7-10-14(13)18/h6-7,9-10,16H,4-5,8,11-12H2,1-3H3. The van der Waals surface area contributed by atoms with Crippen LogP contribution in [-0.2, 0) is 20.9 Å². The van der Waals surface area contributed by atoms with Gasteiger partial charge in [-0.3, -0.25) is 4.79 Å². The highest BCUT2D eigenvalue weighted by Gasteiger charge is 2.50. The Morgan fingerprint density at radius 1 is 1.32 bits per heavy atom. The van der Waals surface area contributed by atoms with Gasteiger partial charge in [0.1, 0.15) is 0 Å². The van der Waals surface area contributed by atoms with E-state index in [0.717, 1.165) is 24.8 Å². The maximum Gasteiger partial charge on any atom is 0.257 e. The number of carbonyl (C=O) groups is 1. The van der Waals surface area contributed by atoms with Crippen LogP contribution < -0.4 is 0 Å². The minimum absolute atomic E-state index is 0.0760. The van der Waals surface area contributed by atoms with Gasteiger partial charge in [0.15, 0.2) is 6.29 Å². The summed E-state index contributed by atoms with van der Waals surface area (Å²) < 4.78 is 5.77. The topological polar surface area (TPSA) is 38.8 Å². The van der Waals surface area contributed by atoms with Crippen molar-refractivity contribution < 1.29 is 14.4 Å². The van der Waals surface area contributed by atoms with E-state index in [2.05, 4.69) is 6.92 Å². The molecule has 1 aromatic carbocycles. The predicted octanol–water partition coefficient (Wildman–Crippen LogP) is 4.17. The number of amides is 1. The molecular formula is C17H24ClNO3. The molecule has 0 radical (unpaired) electrons. The molecule has 1 aliphatic rings. The minimum Gasteiger partial charge on any atom is -0.349 e. The molecule has 0 bridgehead atoms. The highest BCUT2D eigenvalue weighted by molar-refractivity contribution is 6.31. The molecule has 1 fully saturated rings. The SMILES string of the molecule is CCCCCOC1ON(Cc2ccccc2Cl)C(=O)C1(C)C. The molecule has 0 spiro atoms. The van der Waals surface area contributed by atoms with Gasteiger partial charge in [-0.15, -0.1) is 0 Å². The number of hydroxylamine groups is 2. The van der Waals surface area contributed by atoms with E-state index >= 15 is 0 Å². The van der Waals surface area contributed by atoms with Gasteiger partial charge in [-0.25, -0.2) is 9.90 Å². The van der Waals surface area contributed by atoms with Crippen molar-refractivity contribution >= 4 is 17.5 Å². The Kier molecular flexibility index (Phi) is 5.84. The van der Waals surface area contributed by atoms with Crippen LogP contribution in [0.5, 0.6) is 0 Å². The van der Waals surface area contributed by atoms with Crippen molar-refractivity contribution in [2.75, 3.05) is 6.61 Å². The van der Waals surface area contributed by atoms with Crippen LogP contribution in [0, 0.1) is 5.41 Å². The number of nitrogens with zero attached hydrogens (tertiary/aromatic N) is 1. The van der Waals surface area contributed by atoms with Crippen LogP contribution in [0.3, 0.4) is 0 Å². The van der Waals surface area contributed by atoms with Crippen LogP contribution in [0.1, 0.15) is 45.6 Å². The van der Waals surface area contributed by atoms with E-state index in [-0.39, 0.29) is 5.91 Å². The maximum atomic E-state index is 12.5. The summed E-state index contributed by atoms with van der Waals surface area (Å²) in [6.45, 7) is 6.79. The second kappa shape index (κ2) is 7.44. The number of unbranched alkanes of at least 4 members (excludes halogenated alkanes) is 2. The first-order valence-electron chi connectivity index (χ1n) is 7.80. The van der Waals surface area contributed by atoms with Crippen molar-refractivity contribution in [2.45, 2.75) is 52.9 Å². The van der Waals surface area contributed by atoms with Gasteiger partial charge in [0, 0.05) is 11.6 Å². The van der Waals surface area contributed by atoms with Gasteiger partial charge in [-0.1, -0.05) is 49.6 Å². The number of ether oxygens (including phenoxy) is 1. The predicted molar refractivity (Wildman–Crippen MR) is 86.1 cm³/mol. The van der Waals surface area contributed by atoms with Crippen molar-refractivity contribution in [1.82, 2.24) is 5.06 Å². The van der Waals surface area contributed by atoms with E-state index < -0.39 is 11.7 Å². The number of rotatable bonds is 7. The van der Waals surface area contributed by atoms with Gasteiger partial charge in [0.05, 0.1) is 12.0 Å². The number of hydrogen-bond donors (Lipinski definition) is 0. The van der Waals surface area contributed by atoms with Crippen molar-refractivity contribution in [3.63, 3.8) is 0 Å². The summed E-state index contributed by atoms with van der Waals surface area (Å²) >= 11 is 6.15. The van der Waals surface area contributed by atoms with Gasteiger partial charge in [0.25, 0.3) is 5.91 Å². The Hall–Kier alpha value is -1.10. The molecule has 1 aromatic rings.